The van der Waals surface area contributed by atoms with Crippen molar-refractivity contribution in [1.82, 2.24) is 4.83 Å². The highest BCUT2D eigenvalue weighted by molar-refractivity contribution is 9.10. The predicted octanol–water partition coefficient (Wildman–Crippen LogP) is 3.12. The Bertz CT molecular complexity index is 777. The van der Waals surface area contributed by atoms with E-state index in [1.165, 1.54) is 36.5 Å². The van der Waals surface area contributed by atoms with E-state index < -0.39 is 10.0 Å². The molecule has 0 fully saturated rings. The molecule has 2 aromatic carbocycles. The van der Waals surface area contributed by atoms with Crippen molar-refractivity contribution in [2.75, 3.05) is 0 Å². The number of hydrazone groups is 1. The molecule has 0 aromatic heterocycles. The highest BCUT2D eigenvalue weighted by Gasteiger charge is 2.12. The maximum atomic E-state index is 11.9. The fourth-order valence-corrected chi connectivity index (χ4v) is 2.76. The van der Waals surface area contributed by atoms with Crippen LogP contribution >= 0.6 is 27.5 Å². The first-order valence-corrected chi connectivity index (χ1v) is 8.33. The quantitative estimate of drug-likeness (QED) is 0.623. The average molecular weight is 390 g/mol. The lowest BCUT2D eigenvalue weighted by atomic mass is 10.2. The van der Waals surface area contributed by atoms with Gasteiger partial charge in [-0.25, -0.2) is 4.83 Å². The Hall–Kier alpha value is -1.57. The molecule has 0 unspecified atom stereocenters. The van der Waals surface area contributed by atoms with Crippen LogP contribution in [-0.2, 0) is 10.0 Å². The molecule has 0 aliphatic heterocycles. The van der Waals surface area contributed by atoms with Crippen LogP contribution < -0.4 is 4.83 Å². The van der Waals surface area contributed by atoms with E-state index >= 15 is 0 Å². The number of aromatic hydroxyl groups is 1. The first-order valence-electron chi connectivity index (χ1n) is 5.67. The summed E-state index contributed by atoms with van der Waals surface area (Å²) in [5.41, 5.74) is 0.378. The lowest BCUT2D eigenvalue weighted by Gasteiger charge is -2.03. The minimum Gasteiger partial charge on any atom is -0.507 e. The van der Waals surface area contributed by atoms with Crippen molar-refractivity contribution in [3.05, 3.63) is 57.5 Å². The van der Waals surface area contributed by atoms with Crippen LogP contribution in [0.2, 0.25) is 5.02 Å². The van der Waals surface area contributed by atoms with E-state index in [1.54, 1.807) is 12.1 Å². The molecule has 0 amide bonds. The second kappa shape index (κ2) is 6.46. The summed E-state index contributed by atoms with van der Waals surface area (Å²) in [6.45, 7) is 0. The zero-order valence-corrected chi connectivity index (χ0v) is 13.7. The number of nitrogens with one attached hydrogen (secondary N) is 1. The summed E-state index contributed by atoms with van der Waals surface area (Å²) in [5.74, 6) is -0.00681. The van der Waals surface area contributed by atoms with E-state index in [4.69, 9.17) is 11.6 Å². The summed E-state index contributed by atoms with van der Waals surface area (Å²) in [7, 11) is -3.77. The first-order chi connectivity index (χ1) is 9.88. The topological polar surface area (TPSA) is 78.8 Å². The normalized spacial score (nSPS) is 11.7. The van der Waals surface area contributed by atoms with Crippen molar-refractivity contribution in [3.63, 3.8) is 0 Å². The van der Waals surface area contributed by atoms with E-state index in [-0.39, 0.29) is 10.6 Å². The molecule has 0 heterocycles. The summed E-state index contributed by atoms with van der Waals surface area (Å²) < 4.78 is 24.6. The van der Waals surface area contributed by atoms with Gasteiger partial charge in [0.1, 0.15) is 5.75 Å². The number of hydrogen-bond acceptors (Lipinski definition) is 4. The van der Waals surface area contributed by atoms with E-state index in [2.05, 4.69) is 25.9 Å². The van der Waals surface area contributed by atoms with Gasteiger partial charge in [0.15, 0.2) is 0 Å². The van der Waals surface area contributed by atoms with Gasteiger partial charge in [-0.15, -0.1) is 0 Å². The van der Waals surface area contributed by atoms with E-state index in [0.29, 0.717) is 10.6 Å². The molecule has 2 aromatic rings. The number of phenolic OH excluding ortho intramolecular Hbond substituents is 1. The Morgan fingerprint density at radius 1 is 1.19 bits per heavy atom. The monoisotopic (exact) mass is 388 g/mol. The molecule has 0 aliphatic carbocycles. The molecule has 21 heavy (non-hydrogen) atoms. The van der Waals surface area contributed by atoms with Gasteiger partial charge in [-0.1, -0.05) is 27.5 Å². The van der Waals surface area contributed by atoms with Crippen LogP contribution in [0.15, 0.2) is 56.9 Å². The molecule has 2 rings (SSSR count). The third-order valence-corrected chi connectivity index (χ3v) is 4.47. The number of halogens is 2. The van der Waals surface area contributed by atoms with Crippen LogP contribution in [-0.4, -0.2) is 19.7 Å². The van der Waals surface area contributed by atoms with Crippen molar-refractivity contribution in [1.29, 1.82) is 0 Å². The zero-order valence-electron chi connectivity index (χ0n) is 10.5. The van der Waals surface area contributed by atoms with Gasteiger partial charge in [0.2, 0.25) is 0 Å². The summed E-state index contributed by atoms with van der Waals surface area (Å²) >= 11 is 8.95. The molecule has 2 N–H and O–H groups in total. The van der Waals surface area contributed by atoms with Crippen LogP contribution in [0.5, 0.6) is 5.75 Å². The number of rotatable bonds is 4. The van der Waals surface area contributed by atoms with Gasteiger partial charge < -0.3 is 5.11 Å². The standard InChI is InChI=1S/C13H10BrClN2O3S/c14-10-1-6-13(18)9(7-10)8-16-17-21(19,20)12-4-2-11(15)3-5-12/h1-8,17-18H/b16-8+. The van der Waals surface area contributed by atoms with Gasteiger partial charge in [0.25, 0.3) is 10.0 Å². The van der Waals surface area contributed by atoms with Crippen molar-refractivity contribution in [3.8, 4) is 5.75 Å². The Kier molecular flexibility index (Phi) is 4.87. The molecule has 0 bridgehead atoms. The molecule has 0 atom stereocenters. The molecular formula is C13H10BrClN2O3S. The highest BCUT2D eigenvalue weighted by atomic mass is 79.9. The van der Waals surface area contributed by atoms with Gasteiger partial charge in [0, 0.05) is 15.1 Å². The highest BCUT2D eigenvalue weighted by Crippen LogP contribution is 2.20. The summed E-state index contributed by atoms with van der Waals surface area (Å²) in [5, 5.41) is 13.7. The third kappa shape index (κ3) is 4.20. The Balaban J connectivity index is 2.16. The molecule has 0 aliphatic rings. The Morgan fingerprint density at radius 2 is 1.86 bits per heavy atom. The van der Waals surface area contributed by atoms with E-state index in [0.717, 1.165) is 4.47 Å². The van der Waals surface area contributed by atoms with Crippen molar-refractivity contribution >= 4 is 43.8 Å². The van der Waals surface area contributed by atoms with Gasteiger partial charge in [-0.05, 0) is 42.5 Å². The van der Waals surface area contributed by atoms with Crippen LogP contribution in [0.3, 0.4) is 0 Å². The summed E-state index contributed by atoms with van der Waals surface area (Å²) in [6.07, 6.45) is 1.22. The predicted molar refractivity (Wildman–Crippen MR) is 85.2 cm³/mol. The maximum Gasteiger partial charge on any atom is 0.276 e. The lowest BCUT2D eigenvalue weighted by Crippen LogP contribution is -2.18. The van der Waals surface area contributed by atoms with Crippen LogP contribution in [0, 0.1) is 0 Å². The lowest BCUT2D eigenvalue weighted by molar-refractivity contribution is 0.474. The largest absolute Gasteiger partial charge is 0.507 e. The number of sulfonamides is 1. The third-order valence-electron chi connectivity index (χ3n) is 2.49. The number of nitrogens with zero attached hydrogens (tertiary/aromatic N) is 1. The van der Waals surface area contributed by atoms with E-state index in [9.17, 15) is 13.5 Å². The number of benzene rings is 2. The van der Waals surface area contributed by atoms with Crippen molar-refractivity contribution in [2.24, 2.45) is 5.10 Å². The van der Waals surface area contributed by atoms with Crippen LogP contribution in [0.25, 0.3) is 0 Å². The number of phenols is 1. The van der Waals surface area contributed by atoms with Crippen LogP contribution in [0.1, 0.15) is 5.56 Å². The molecule has 0 saturated heterocycles. The van der Waals surface area contributed by atoms with E-state index in [1.807, 2.05) is 0 Å². The second-order valence-electron chi connectivity index (χ2n) is 4.01. The molecule has 0 saturated carbocycles. The molecule has 0 radical (unpaired) electrons. The minimum atomic E-state index is -3.77. The summed E-state index contributed by atoms with van der Waals surface area (Å²) in [6, 6.07) is 10.4. The number of hydrogen-bond donors (Lipinski definition) is 2. The zero-order chi connectivity index (χ0) is 15.5. The maximum absolute atomic E-state index is 11.9. The van der Waals surface area contributed by atoms with Crippen molar-refractivity contribution in [2.45, 2.75) is 4.90 Å². The smallest absolute Gasteiger partial charge is 0.276 e. The molecule has 110 valence electrons. The molecule has 0 spiro atoms. The fraction of sp³-hybridized carbons (Fsp3) is 0. The molecule has 8 heteroatoms. The van der Waals surface area contributed by atoms with Gasteiger partial charge in [0.05, 0.1) is 11.1 Å². The molecular weight excluding hydrogens is 380 g/mol. The SMILES string of the molecule is O=S(=O)(N/N=C/c1cc(Br)ccc1O)c1ccc(Cl)cc1. The fourth-order valence-electron chi connectivity index (χ4n) is 1.46. The Labute approximate surface area is 135 Å². The van der Waals surface area contributed by atoms with Crippen LogP contribution in [0.4, 0.5) is 0 Å². The van der Waals surface area contributed by atoms with Gasteiger partial charge >= 0.3 is 0 Å². The second-order valence-corrected chi connectivity index (χ2v) is 7.02. The average Bonchev–Trinajstić information content (AvgIpc) is 2.43. The summed E-state index contributed by atoms with van der Waals surface area (Å²) in [4.78, 5) is 2.11. The first kappa shape index (κ1) is 15.8. The Morgan fingerprint density at radius 3 is 2.52 bits per heavy atom. The van der Waals surface area contributed by atoms with Gasteiger partial charge in [-0.3, -0.25) is 0 Å². The molecule has 5 nitrogen and oxygen atoms in total. The van der Waals surface area contributed by atoms with Crippen molar-refractivity contribution < 1.29 is 13.5 Å². The van der Waals surface area contributed by atoms with Gasteiger partial charge in [-0.2, -0.15) is 13.5 Å². The minimum absolute atomic E-state index is 0.00681.